The Labute approximate surface area is 115 Å². The molecule has 1 aliphatic carbocycles. The summed E-state index contributed by atoms with van der Waals surface area (Å²) < 4.78 is 4.90. The third-order valence-corrected chi connectivity index (χ3v) is 5.16. The second kappa shape index (κ2) is 8.81. The summed E-state index contributed by atoms with van der Waals surface area (Å²) in [6.45, 7) is 4.52. The molecule has 2 N–H and O–H groups in total. The first-order valence-electron chi connectivity index (χ1n) is 7.21. The Morgan fingerprint density at radius 2 is 2.00 bits per heavy atom. The SMILES string of the molecule is CCOC(=O)C(N)CCSC1CCC(CC)CC1. The summed E-state index contributed by atoms with van der Waals surface area (Å²) in [6.07, 6.45) is 7.47. The standard InChI is InChI=1S/C14H27NO2S/c1-3-11-5-7-12(8-6-11)18-10-9-13(15)14(16)17-4-2/h11-13H,3-10,15H2,1-2H3. The van der Waals surface area contributed by atoms with Gasteiger partial charge in [-0.05, 0) is 50.7 Å². The van der Waals surface area contributed by atoms with Crippen LogP contribution in [0.3, 0.4) is 0 Å². The number of rotatable bonds is 7. The van der Waals surface area contributed by atoms with Crippen LogP contribution in [0.25, 0.3) is 0 Å². The summed E-state index contributed by atoms with van der Waals surface area (Å²) in [5.74, 6) is 1.66. The van der Waals surface area contributed by atoms with Crippen LogP contribution in [-0.4, -0.2) is 29.6 Å². The van der Waals surface area contributed by atoms with Crippen molar-refractivity contribution in [2.24, 2.45) is 11.7 Å². The first-order valence-corrected chi connectivity index (χ1v) is 8.26. The van der Waals surface area contributed by atoms with Gasteiger partial charge in [0.1, 0.15) is 6.04 Å². The Hall–Kier alpha value is -0.220. The molecule has 0 aromatic rings. The predicted octanol–water partition coefficient (Wildman–Crippen LogP) is 2.97. The highest BCUT2D eigenvalue weighted by Crippen LogP contribution is 2.33. The van der Waals surface area contributed by atoms with Crippen LogP contribution in [0.5, 0.6) is 0 Å². The third-order valence-electron chi connectivity index (χ3n) is 3.74. The van der Waals surface area contributed by atoms with Crippen molar-refractivity contribution >= 4 is 17.7 Å². The van der Waals surface area contributed by atoms with Crippen molar-refractivity contribution in [3.8, 4) is 0 Å². The van der Waals surface area contributed by atoms with E-state index < -0.39 is 6.04 Å². The number of hydrogen-bond donors (Lipinski definition) is 1. The molecule has 3 nitrogen and oxygen atoms in total. The van der Waals surface area contributed by atoms with Gasteiger partial charge in [-0.15, -0.1) is 0 Å². The van der Waals surface area contributed by atoms with Crippen molar-refractivity contribution in [2.75, 3.05) is 12.4 Å². The summed E-state index contributed by atoms with van der Waals surface area (Å²) in [5, 5.41) is 0.780. The van der Waals surface area contributed by atoms with Crippen molar-refractivity contribution in [2.45, 2.75) is 63.7 Å². The van der Waals surface area contributed by atoms with Gasteiger partial charge in [-0.3, -0.25) is 4.79 Å². The molecule has 1 fully saturated rings. The van der Waals surface area contributed by atoms with Crippen molar-refractivity contribution in [3.63, 3.8) is 0 Å². The highest BCUT2D eigenvalue weighted by molar-refractivity contribution is 7.99. The van der Waals surface area contributed by atoms with E-state index in [-0.39, 0.29) is 5.97 Å². The fourth-order valence-electron chi connectivity index (χ4n) is 2.44. The zero-order valence-electron chi connectivity index (χ0n) is 11.7. The van der Waals surface area contributed by atoms with Crippen LogP contribution in [0, 0.1) is 5.92 Å². The van der Waals surface area contributed by atoms with Gasteiger partial charge in [0, 0.05) is 5.25 Å². The number of nitrogens with two attached hydrogens (primary N) is 1. The van der Waals surface area contributed by atoms with Crippen LogP contribution in [0.15, 0.2) is 0 Å². The second-order valence-electron chi connectivity index (χ2n) is 5.07. The Bertz CT molecular complexity index is 240. The van der Waals surface area contributed by atoms with Gasteiger partial charge in [0.2, 0.25) is 0 Å². The quantitative estimate of drug-likeness (QED) is 0.725. The molecule has 0 aromatic carbocycles. The Morgan fingerprint density at radius 1 is 1.33 bits per heavy atom. The van der Waals surface area contributed by atoms with E-state index in [2.05, 4.69) is 6.92 Å². The van der Waals surface area contributed by atoms with Gasteiger partial charge in [-0.1, -0.05) is 13.3 Å². The summed E-state index contributed by atoms with van der Waals surface area (Å²) in [4.78, 5) is 11.4. The molecular formula is C14H27NO2S. The minimum Gasteiger partial charge on any atom is -0.465 e. The topological polar surface area (TPSA) is 52.3 Å². The van der Waals surface area contributed by atoms with E-state index in [9.17, 15) is 4.79 Å². The number of carbonyl (C=O) groups is 1. The Balaban J connectivity index is 2.09. The van der Waals surface area contributed by atoms with Gasteiger partial charge in [-0.25, -0.2) is 0 Å². The molecule has 0 spiro atoms. The molecule has 0 saturated heterocycles. The molecule has 4 heteroatoms. The van der Waals surface area contributed by atoms with Gasteiger partial charge < -0.3 is 10.5 Å². The largest absolute Gasteiger partial charge is 0.465 e. The first kappa shape index (κ1) is 15.8. The molecule has 1 atom stereocenters. The lowest BCUT2D eigenvalue weighted by Gasteiger charge is -2.27. The maximum Gasteiger partial charge on any atom is 0.322 e. The average Bonchev–Trinajstić information content (AvgIpc) is 2.39. The van der Waals surface area contributed by atoms with Gasteiger partial charge in [0.25, 0.3) is 0 Å². The summed E-state index contributed by atoms with van der Waals surface area (Å²) in [5.41, 5.74) is 5.77. The first-order chi connectivity index (χ1) is 8.67. The van der Waals surface area contributed by atoms with Gasteiger partial charge in [0.15, 0.2) is 0 Å². The van der Waals surface area contributed by atoms with Crippen LogP contribution < -0.4 is 5.73 Å². The minimum atomic E-state index is -0.440. The zero-order valence-corrected chi connectivity index (χ0v) is 12.5. The van der Waals surface area contributed by atoms with E-state index in [1.54, 1.807) is 0 Å². The van der Waals surface area contributed by atoms with Crippen molar-refractivity contribution in [1.82, 2.24) is 0 Å². The molecule has 0 bridgehead atoms. The van der Waals surface area contributed by atoms with Crippen LogP contribution in [0.1, 0.15) is 52.4 Å². The van der Waals surface area contributed by atoms with E-state index >= 15 is 0 Å². The molecule has 106 valence electrons. The fourth-order valence-corrected chi connectivity index (χ4v) is 3.76. The van der Waals surface area contributed by atoms with Crippen molar-refractivity contribution < 1.29 is 9.53 Å². The highest BCUT2D eigenvalue weighted by atomic mass is 32.2. The average molecular weight is 273 g/mol. The normalized spacial score (nSPS) is 25.7. The molecule has 1 saturated carbocycles. The van der Waals surface area contributed by atoms with Crippen LogP contribution >= 0.6 is 11.8 Å². The molecular weight excluding hydrogens is 246 g/mol. The smallest absolute Gasteiger partial charge is 0.322 e. The van der Waals surface area contributed by atoms with Crippen molar-refractivity contribution in [1.29, 1.82) is 0 Å². The Kier molecular flexibility index (Phi) is 7.75. The lowest BCUT2D eigenvalue weighted by molar-refractivity contribution is -0.144. The monoisotopic (exact) mass is 273 g/mol. The maximum atomic E-state index is 11.4. The predicted molar refractivity (Wildman–Crippen MR) is 77.7 cm³/mol. The van der Waals surface area contributed by atoms with Gasteiger partial charge in [-0.2, -0.15) is 11.8 Å². The summed E-state index contributed by atoms with van der Waals surface area (Å²) >= 11 is 1.99. The van der Waals surface area contributed by atoms with E-state index in [1.807, 2.05) is 18.7 Å². The number of hydrogen-bond acceptors (Lipinski definition) is 4. The third kappa shape index (κ3) is 5.61. The molecule has 0 aliphatic heterocycles. The lowest BCUT2D eigenvalue weighted by atomic mass is 9.87. The number of thioether (sulfide) groups is 1. The zero-order chi connectivity index (χ0) is 13.4. The molecule has 18 heavy (non-hydrogen) atoms. The summed E-state index contributed by atoms with van der Waals surface area (Å²) in [7, 11) is 0. The minimum absolute atomic E-state index is 0.257. The molecule has 0 heterocycles. The van der Waals surface area contributed by atoms with E-state index in [1.165, 1.54) is 32.1 Å². The van der Waals surface area contributed by atoms with E-state index in [0.29, 0.717) is 6.61 Å². The Morgan fingerprint density at radius 3 is 2.56 bits per heavy atom. The van der Waals surface area contributed by atoms with E-state index in [4.69, 9.17) is 10.5 Å². The second-order valence-corrected chi connectivity index (χ2v) is 6.48. The highest BCUT2D eigenvalue weighted by Gasteiger charge is 2.21. The number of esters is 1. The summed E-state index contributed by atoms with van der Waals surface area (Å²) in [6, 6.07) is -0.440. The molecule has 0 amide bonds. The van der Waals surface area contributed by atoms with E-state index in [0.717, 1.165) is 23.3 Å². The van der Waals surface area contributed by atoms with Gasteiger partial charge >= 0.3 is 5.97 Å². The molecule has 1 rings (SSSR count). The van der Waals surface area contributed by atoms with Crippen molar-refractivity contribution in [3.05, 3.63) is 0 Å². The molecule has 1 unspecified atom stereocenters. The number of ether oxygens (including phenoxy) is 1. The fraction of sp³-hybridized carbons (Fsp3) is 0.929. The molecule has 0 radical (unpaired) electrons. The molecule has 1 aliphatic rings. The van der Waals surface area contributed by atoms with Crippen LogP contribution in [-0.2, 0) is 9.53 Å². The van der Waals surface area contributed by atoms with Crippen LogP contribution in [0.4, 0.5) is 0 Å². The van der Waals surface area contributed by atoms with Crippen LogP contribution in [0.2, 0.25) is 0 Å². The lowest BCUT2D eigenvalue weighted by Crippen LogP contribution is -2.33. The maximum absolute atomic E-state index is 11.4. The molecule has 0 aromatic heterocycles. The van der Waals surface area contributed by atoms with Gasteiger partial charge in [0.05, 0.1) is 6.61 Å². The number of carbonyl (C=O) groups excluding carboxylic acids is 1.